The lowest BCUT2D eigenvalue weighted by Crippen LogP contribution is -2.48. The molecule has 0 saturated carbocycles. The van der Waals surface area contributed by atoms with Gasteiger partial charge in [0.05, 0.1) is 19.8 Å². The highest BCUT2D eigenvalue weighted by molar-refractivity contribution is 5.26. The van der Waals surface area contributed by atoms with Gasteiger partial charge in [-0.3, -0.25) is 4.90 Å². The highest BCUT2D eigenvalue weighted by atomic mass is 16.5. The van der Waals surface area contributed by atoms with Crippen LogP contribution in [-0.4, -0.2) is 44.4 Å². The molecule has 1 aromatic rings. The average molecular weight is 278 g/mol. The molecule has 112 valence electrons. The predicted octanol–water partition coefficient (Wildman–Crippen LogP) is 1.94. The van der Waals surface area contributed by atoms with E-state index < -0.39 is 0 Å². The van der Waals surface area contributed by atoms with Gasteiger partial charge in [-0.2, -0.15) is 0 Å². The van der Waals surface area contributed by atoms with Crippen molar-refractivity contribution >= 4 is 0 Å². The zero-order valence-corrected chi connectivity index (χ0v) is 12.5. The van der Waals surface area contributed by atoms with Crippen molar-refractivity contribution in [3.63, 3.8) is 0 Å². The molecular weight excluding hydrogens is 252 g/mol. The maximum Gasteiger partial charge on any atom is 0.0713 e. The molecule has 1 heterocycles. The van der Waals surface area contributed by atoms with Crippen LogP contribution in [0, 0.1) is 0 Å². The summed E-state index contributed by atoms with van der Waals surface area (Å²) in [7, 11) is 1.72. The van der Waals surface area contributed by atoms with Gasteiger partial charge >= 0.3 is 0 Å². The van der Waals surface area contributed by atoms with Crippen LogP contribution in [0.1, 0.15) is 30.5 Å². The monoisotopic (exact) mass is 278 g/mol. The Hall–Kier alpha value is -0.940. The SMILES string of the molecule is CCC1COCCN1C(CN)c1cccc(COC)c1. The Bertz CT molecular complexity index is 411. The number of nitrogens with two attached hydrogens (primary N) is 1. The van der Waals surface area contributed by atoms with Gasteiger partial charge in [-0.15, -0.1) is 0 Å². The first-order valence-electron chi connectivity index (χ1n) is 7.41. The summed E-state index contributed by atoms with van der Waals surface area (Å²) < 4.78 is 10.8. The van der Waals surface area contributed by atoms with Gasteiger partial charge in [-0.05, 0) is 17.5 Å². The predicted molar refractivity (Wildman–Crippen MR) is 80.6 cm³/mol. The van der Waals surface area contributed by atoms with Crippen LogP contribution >= 0.6 is 0 Å². The van der Waals surface area contributed by atoms with E-state index >= 15 is 0 Å². The fourth-order valence-corrected chi connectivity index (χ4v) is 2.95. The summed E-state index contributed by atoms with van der Waals surface area (Å²) in [6.07, 6.45) is 1.09. The van der Waals surface area contributed by atoms with Crippen molar-refractivity contribution in [2.45, 2.75) is 32.0 Å². The zero-order chi connectivity index (χ0) is 14.4. The maximum atomic E-state index is 6.06. The second kappa shape index (κ2) is 7.74. The van der Waals surface area contributed by atoms with Crippen molar-refractivity contribution in [1.82, 2.24) is 4.90 Å². The molecule has 2 N–H and O–H groups in total. The molecule has 0 aliphatic carbocycles. The Labute approximate surface area is 121 Å². The minimum Gasteiger partial charge on any atom is -0.380 e. The van der Waals surface area contributed by atoms with Gasteiger partial charge in [-0.1, -0.05) is 31.2 Å². The molecule has 20 heavy (non-hydrogen) atoms. The van der Waals surface area contributed by atoms with Crippen molar-refractivity contribution in [1.29, 1.82) is 0 Å². The molecule has 0 radical (unpaired) electrons. The number of ether oxygens (including phenoxy) is 2. The fraction of sp³-hybridized carbons (Fsp3) is 0.625. The highest BCUT2D eigenvalue weighted by Crippen LogP contribution is 2.26. The van der Waals surface area contributed by atoms with E-state index in [4.69, 9.17) is 15.2 Å². The Morgan fingerprint density at radius 3 is 3.05 bits per heavy atom. The van der Waals surface area contributed by atoms with Gasteiger partial charge in [0.15, 0.2) is 0 Å². The topological polar surface area (TPSA) is 47.7 Å². The number of methoxy groups -OCH3 is 1. The molecule has 0 spiro atoms. The third-order valence-corrected chi connectivity index (χ3v) is 4.01. The molecule has 1 aliphatic rings. The first kappa shape index (κ1) is 15.4. The molecule has 2 atom stereocenters. The Morgan fingerprint density at radius 2 is 2.35 bits per heavy atom. The van der Waals surface area contributed by atoms with Gasteiger partial charge in [0.1, 0.15) is 0 Å². The number of morpholine rings is 1. The van der Waals surface area contributed by atoms with E-state index in [0.717, 1.165) is 26.2 Å². The lowest BCUT2D eigenvalue weighted by Gasteiger charge is -2.40. The first-order valence-corrected chi connectivity index (χ1v) is 7.41. The number of rotatable bonds is 6. The lowest BCUT2D eigenvalue weighted by molar-refractivity contribution is -0.0291. The van der Waals surface area contributed by atoms with E-state index in [9.17, 15) is 0 Å². The fourth-order valence-electron chi connectivity index (χ4n) is 2.95. The third kappa shape index (κ3) is 3.58. The number of benzene rings is 1. The van der Waals surface area contributed by atoms with Crippen molar-refractivity contribution in [3.8, 4) is 0 Å². The standard InChI is InChI=1S/C16H26N2O2/c1-3-15-12-20-8-7-18(15)16(10-17)14-6-4-5-13(9-14)11-19-2/h4-6,9,15-16H,3,7-8,10-12,17H2,1-2H3. The Balaban J connectivity index is 2.19. The van der Waals surface area contributed by atoms with Gasteiger partial charge in [0.2, 0.25) is 0 Å². The van der Waals surface area contributed by atoms with E-state index in [1.807, 2.05) is 0 Å². The molecule has 4 nitrogen and oxygen atoms in total. The second-order valence-electron chi connectivity index (χ2n) is 5.30. The van der Waals surface area contributed by atoms with Crippen LogP contribution in [0.3, 0.4) is 0 Å². The summed E-state index contributed by atoms with van der Waals surface area (Å²) in [5, 5.41) is 0. The average Bonchev–Trinajstić information content (AvgIpc) is 2.49. The Kier molecular flexibility index (Phi) is 5.98. The van der Waals surface area contributed by atoms with E-state index in [2.05, 4.69) is 36.1 Å². The van der Waals surface area contributed by atoms with Crippen molar-refractivity contribution in [2.24, 2.45) is 5.73 Å². The van der Waals surface area contributed by atoms with Gasteiger partial charge in [-0.25, -0.2) is 0 Å². The summed E-state index contributed by atoms with van der Waals surface area (Å²) in [5.74, 6) is 0. The van der Waals surface area contributed by atoms with Crippen LogP contribution in [0.5, 0.6) is 0 Å². The smallest absolute Gasteiger partial charge is 0.0713 e. The molecule has 0 aromatic heterocycles. The quantitative estimate of drug-likeness (QED) is 0.864. The molecule has 1 saturated heterocycles. The minimum atomic E-state index is 0.264. The first-order chi connectivity index (χ1) is 9.80. The summed E-state index contributed by atoms with van der Waals surface area (Å²) in [6, 6.07) is 9.29. The van der Waals surface area contributed by atoms with Crippen LogP contribution in [0.15, 0.2) is 24.3 Å². The molecule has 0 bridgehead atoms. The molecular formula is C16H26N2O2. The van der Waals surface area contributed by atoms with E-state index in [0.29, 0.717) is 19.2 Å². The molecule has 1 aromatic carbocycles. The van der Waals surface area contributed by atoms with E-state index in [-0.39, 0.29) is 6.04 Å². The van der Waals surface area contributed by atoms with Crippen LogP contribution in [-0.2, 0) is 16.1 Å². The molecule has 0 amide bonds. The van der Waals surface area contributed by atoms with E-state index in [1.165, 1.54) is 11.1 Å². The molecule has 1 aliphatic heterocycles. The molecule has 4 heteroatoms. The minimum absolute atomic E-state index is 0.264. The molecule has 2 unspecified atom stereocenters. The van der Waals surface area contributed by atoms with Crippen LogP contribution < -0.4 is 5.73 Å². The lowest BCUT2D eigenvalue weighted by atomic mass is 10.00. The number of hydrogen-bond donors (Lipinski definition) is 1. The van der Waals surface area contributed by atoms with Crippen molar-refractivity contribution in [3.05, 3.63) is 35.4 Å². The summed E-state index contributed by atoms with van der Waals surface area (Å²) in [4.78, 5) is 2.50. The van der Waals surface area contributed by atoms with Gasteiger partial charge < -0.3 is 15.2 Å². The van der Waals surface area contributed by atoms with Crippen LogP contribution in [0.25, 0.3) is 0 Å². The van der Waals surface area contributed by atoms with Crippen LogP contribution in [0.2, 0.25) is 0 Å². The molecule has 2 rings (SSSR count). The third-order valence-electron chi connectivity index (χ3n) is 4.01. The normalized spacial score (nSPS) is 21.9. The Morgan fingerprint density at radius 1 is 1.50 bits per heavy atom. The van der Waals surface area contributed by atoms with Crippen molar-refractivity contribution in [2.75, 3.05) is 33.4 Å². The highest BCUT2D eigenvalue weighted by Gasteiger charge is 2.28. The summed E-state index contributed by atoms with van der Waals surface area (Å²) in [6.45, 7) is 6.05. The summed E-state index contributed by atoms with van der Waals surface area (Å²) in [5.41, 5.74) is 8.54. The largest absolute Gasteiger partial charge is 0.380 e. The maximum absolute atomic E-state index is 6.06. The molecule has 1 fully saturated rings. The van der Waals surface area contributed by atoms with E-state index in [1.54, 1.807) is 7.11 Å². The number of hydrogen-bond acceptors (Lipinski definition) is 4. The zero-order valence-electron chi connectivity index (χ0n) is 12.5. The van der Waals surface area contributed by atoms with Crippen molar-refractivity contribution < 1.29 is 9.47 Å². The van der Waals surface area contributed by atoms with Gasteiger partial charge in [0, 0.05) is 32.3 Å². The van der Waals surface area contributed by atoms with Gasteiger partial charge in [0.25, 0.3) is 0 Å². The van der Waals surface area contributed by atoms with Crippen LogP contribution in [0.4, 0.5) is 0 Å². The second-order valence-corrected chi connectivity index (χ2v) is 5.30. The number of nitrogens with zero attached hydrogens (tertiary/aromatic N) is 1. The summed E-state index contributed by atoms with van der Waals surface area (Å²) >= 11 is 0.